The topological polar surface area (TPSA) is 76.5 Å². The number of rotatable bonds is 7. The summed E-state index contributed by atoms with van der Waals surface area (Å²) in [7, 11) is 0. The first kappa shape index (κ1) is 22.6. The molecule has 9 nitrogen and oxygen atoms in total. The van der Waals surface area contributed by atoms with Crippen molar-refractivity contribution in [1.82, 2.24) is 38.5 Å². The lowest BCUT2D eigenvalue weighted by molar-refractivity contribution is 0.0973. The van der Waals surface area contributed by atoms with Gasteiger partial charge in [-0.25, -0.2) is 9.67 Å². The minimum atomic E-state index is -0.0405. The highest BCUT2D eigenvalue weighted by Crippen LogP contribution is 2.18. The first-order valence-corrected chi connectivity index (χ1v) is 12.0. The minimum Gasteiger partial charge on any atom is -0.300 e. The van der Waals surface area contributed by atoms with Gasteiger partial charge >= 0.3 is 0 Å². The predicted octanol–water partition coefficient (Wildman–Crippen LogP) is 2.67. The highest BCUT2D eigenvalue weighted by molar-refractivity contribution is 7.71. The lowest BCUT2D eigenvalue weighted by atomic mass is 10.2. The SMILES string of the molecule is CCCn1c(-c2ccncc2)nn(CN2CCN(Cc3cc(=O)n4ccccc4n3)CC2)c1=S. The quantitative estimate of drug-likeness (QED) is 0.380. The van der Waals surface area contributed by atoms with E-state index >= 15 is 0 Å². The summed E-state index contributed by atoms with van der Waals surface area (Å²) >= 11 is 5.78. The van der Waals surface area contributed by atoms with Gasteiger partial charge < -0.3 is 0 Å². The molecule has 0 unspecified atom stereocenters. The molecular formula is C24H28N8OS. The molecule has 1 fully saturated rings. The molecule has 4 aromatic rings. The van der Waals surface area contributed by atoms with E-state index in [0.29, 0.717) is 18.9 Å². The Morgan fingerprint density at radius 1 is 1.03 bits per heavy atom. The molecule has 4 aromatic heterocycles. The zero-order valence-electron chi connectivity index (χ0n) is 19.2. The molecule has 1 aliphatic heterocycles. The smallest absolute Gasteiger partial charge is 0.258 e. The second-order valence-corrected chi connectivity index (χ2v) is 8.91. The third-order valence-corrected chi connectivity index (χ3v) is 6.55. The Bertz CT molecular complexity index is 1390. The van der Waals surface area contributed by atoms with Gasteiger partial charge in [0, 0.05) is 69.5 Å². The highest BCUT2D eigenvalue weighted by atomic mass is 32.1. The molecule has 34 heavy (non-hydrogen) atoms. The molecule has 0 bridgehead atoms. The lowest BCUT2D eigenvalue weighted by Gasteiger charge is -2.34. The monoisotopic (exact) mass is 476 g/mol. The van der Waals surface area contributed by atoms with Crippen molar-refractivity contribution >= 4 is 17.9 Å². The Morgan fingerprint density at radius 3 is 2.56 bits per heavy atom. The number of nitrogens with zero attached hydrogens (tertiary/aromatic N) is 8. The lowest BCUT2D eigenvalue weighted by Crippen LogP contribution is -2.46. The Labute approximate surface area is 202 Å². The third-order valence-electron chi connectivity index (χ3n) is 6.12. The van der Waals surface area contributed by atoms with Gasteiger partial charge in [-0.2, -0.15) is 5.10 Å². The molecule has 0 aromatic carbocycles. The van der Waals surface area contributed by atoms with E-state index in [9.17, 15) is 4.79 Å². The summed E-state index contributed by atoms with van der Waals surface area (Å²) in [5.74, 6) is 0.890. The van der Waals surface area contributed by atoms with Crippen LogP contribution in [-0.2, 0) is 19.8 Å². The average molecular weight is 477 g/mol. The summed E-state index contributed by atoms with van der Waals surface area (Å²) in [5, 5.41) is 4.86. The molecular weight excluding hydrogens is 448 g/mol. The average Bonchev–Trinajstić information content (AvgIpc) is 3.16. The fourth-order valence-corrected chi connectivity index (χ4v) is 4.64. The minimum absolute atomic E-state index is 0.0405. The van der Waals surface area contributed by atoms with Crippen LogP contribution in [-0.4, -0.2) is 64.7 Å². The largest absolute Gasteiger partial charge is 0.300 e. The van der Waals surface area contributed by atoms with E-state index < -0.39 is 0 Å². The van der Waals surface area contributed by atoms with E-state index in [0.717, 1.165) is 61.0 Å². The number of aromatic nitrogens is 6. The van der Waals surface area contributed by atoms with Crippen molar-refractivity contribution in [2.24, 2.45) is 0 Å². The number of piperazine rings is 1. The number of hydrogen-bond donors (Lipinski definition) is 0. The van der Waals surface area contributed by atoms with E-state index in [1.165, 1.54) is 0 Å². The molecule has 1 aliphatic rings. The molecule has 0 N–H and O–H groups in total. The van der Waals surface area contributed by atoms with Crippen LogP contribution in [0.15, 0.2) is 59.8 Å². The van der Waals surface area contributed by atoms with Gasteiger partial charge in [-0.1, -0.05) is 13.0 Å². The van der Waals surface area contributed by atoms with Crippen molar-refractivity contribution in [2.75, 3.05) is 26.2 Å². The second-order valence-electron chi connectivity index (χ2n) is 8.54. The van der Waals surface area contributed by atoms with Gasteiger partial charge in [0.05, 0.1) is 12.4 Å². The van der Waals surface area contributed by atoms with Crippen LogP contribution < -0.4 is 5.56 Å². The van der Waals surface area contributed by atoms with Crippen molar-refractivity contribution in [1.29, 1.82) is 0 Å². The molecule has 0 aliphatic carbocycles. The van der Waals surface area contributed by atoms with E-state index in [-0.39, 0.29) is 5.56 Å². The Morgan fingerprint density at radius 2 is 1.79 bits per heavy atom. The van der Waals surface area contributed by atoms with Gasteiger partial charge in [-0.05, 0) is 42.9 Å². The summed E-state index contributed by atoms with van der Waals surface area (Å²) in [6.45, 7) is 7.92. The van der Waals surface area contributed by atoms with E-state index in [1.807, 2.05) is 35.0 Å². The maximum atomic E-state index is 12.4. The van der Waals surface area contributed by atoms with E-state index in [2.05, 4.69) is 31.3 Å². The summed E-state index contributed by atoms with van der Waals surface area (Å²) in [6, 6.07) is 11.2. The Balaban J connectivity index is 1.25. The standard InChI is InChI=1S/C24H28N8OS/c1-2-10-31-23(19-6-8-25-9-7-19)27-32(24(31)34)18-29-14-12-28(13-15-29)17-20-16-22(33)30-11-4-3-5-21(30)26-20/h3-9,11,16H,2,10,12-15,17-18H2,1H3. The Kier molecular flexibility index (Phi) is 6.61. The first-order valence-electron chi connectivity index (χ1n) is 11.6. The maximum Gasteiger partial charge on any atom is 0.258 e. The number of fused-ring (bicyclic) bond motifs is 1. The summed E-state index contributed by atoms with van der Waals surface area (Å²) < 4.78 is 6.37. The van der Waals surface area contributed by atoms with Crippen molar-refractivity contribution in [3.8, 4) is 11.4 Å². The summed E-state index contributed by atoms with van der Waals surface area (Å²) in [6.07, 6.45) is 6.31. The zero-order valence-corrected chi connectivity index (χ0v) is 20.1. The molecule has 5 rings (SSSR count). The van der Waals surface area contributed by atoms with E-state index in [4.69, 9.17) is 17.3 Å². The predicted molar refractivity (Wildman–Crippen MR) is 133 cm³/mol. The maximum absolute atomic E-state index is 12.4. The molecule has 0 amide bonds. The normalized spacial score (nSPS) is 15.2. The molecule has 176 valence electrons. The van der Waals surface area contributed by atoms with Gasteiger partial charge in [0.1, 0.15) is 5.65 Å². The number of pyridine rings is 2. The van der Waals surface area contributed by atoms with Crippen LogP contribution in [0.5, 0.6) is 0 Å². The third kappa shape index (κ3) is 4.70. The van der Waals surface area contributed by atoms with Gasteiger partial charge in [-0.3, -0.25) is 28.5 Å². The van der Waals surface area contributed by atoms with Gasteiger partial charge in [0.15, 0.2) is 10.6 Å². The molecule has 0 saturated carbocycles. The molecule has 0 spiro atoms. The molecule has 0 radical (unpaired) electrons. The van der Waals surface area contributed by atoms with Crippen LogP contribution >= 0.6 is 12.2 Å². The van der Waals surface area contributed by atoms with Crippen LogP contribution in [0.4, 0.5) is 0 Å². The molecule has 0 atom stereocenters. The molecule has 10 heteroatoms. The molecule has 1 saturated heterocycles. The zero-order chi connectivity index (χ0) is 23.5. The number of hydrogen-bond acceptors (Lipinski definition) is 7. The van der Waals surface area contributed by atoms with Crippen LogP contribution in [0.3, 0.4) is 0 Å². The first-order chi connectivity index (χ1) is 16.6. The van der Waals surface area contributed by atoms with Crippen molar-refractivity contribution < 1.29 is 0 Å². The van der Waals surface area contributed by atoms with Gasteiger partial charge in [0.2, 0.25) is 0 Å². The van der Waals surface area contributed by atoms with Crippen molar-refractivity contribution in [3.05, 3.63) is 75.8 Å². The van der Waals surface area contributed by atoms with Crippen molar-refractivity contribution in [3.63, 3.8) is 0 Å². The van der Waals surface area contributed by atoms with Gasteiger partial charge in [0.25, 0.3) is 5.56 Å². The fraction of sp³-hybridized carbons (Fsp3) is 0.375. The van der Waals surface area contributed by atoms with Crippen LogP contribution in [0, 0.1) is 4.77 Å². The van der Waals surface area contributed by atoms with Crippen LogP contribution in [0.2, 0.25) is 0 Å². The second kappa shape index (κ2) is 9.96. The molecule has 5 heterocycles. The van der Waals surface area contributed by atoms with Crippen LogP contribution in [0.1, 0.15) is 19.0 Å². The van der Waals surface area contributed by atoms with Crippen molar-refractivity contribution in [2.45, 2.75) is 33.1 Å². The summed E-state index contributed by atoms with van der Waals surface area (Å²) in [5.41, 5.74) is 2.48. The Hall–Kier alpha value is -3.21. The van der Waals surface area contributed by atoms with Crippen LogP contribution in [0.25, 0.3) is 17.0 Å². The van der Waals surface area contributed by atoms with Gasteiger partial charge in [-0.15, -0.1) is 0 Å². The summed E-state index contributed by atoms with van der Waals surface area (Å²) in [4.78, 5) is 25.9. The van der Waals surface area contributed by atoms with E-state index in [1.54, 1.807) is 29.1 Å². The fourth-order valence-electron chi connectivity index (χ4n) is 4.36. The highest BCUT2D eigenvalue weighted by Gasteiger charge is 2.20.